The first kappa shape index (κ1) is 4.57. The van der Waals surface area contributed by atoms with Crippen LogP contribution in [-0.2, 0) is 4.79 Å². The van der Waals surface area contributed by atoms with Crippen molar-refractivity contribution < 1.29 is 4.79 Å². The molecule has 1 heteroatoms. The summed E-state index contributed by atoms with van der Waals surface area (Å²) in [5, 5.41) is 0. The van der Waals surface area contributed by atoms with E-state index in [1.807, 2.05) is 0 Å². The lowest BCUT2D eigenvalue weighted by molar-refractivity contribution is -0.110. The van der Waals surface area contributed by atoms with Crippen molar-refractivity contribution in [2.24, 2.45) is 5.41 Å². The SMILES string of the molecule is C=CC1(C=O)CC1. The van der Waals surface area contributed by atoms with Gasteiger partial charge in [-0.25, -0.2) is 0 Å². The minimum absolute atomic E-state index is 0.0833. The van der Waals surface area contributed by atoms with Crippen LogP contribution in [0, 0.1) is 5.41 Å². The Morgan fingerprint density at radius 3 is 2.14 bits per heavy atom. The smallest absolute Gasteiger partial charge is 0.129 e. The Hall–Kier alpha value is -0.590. The van der Waals surface area contributed by atoms with E-state index in [-0.39, 0.29) is 5.41 Å². The van der Waals surface area contributed by atoms with Gasteiger partial charge >= 0.3 is 0 Å². The molecule has 0 saturated heterocycles. The second-order valence-corrected chi connectivity index (χ2v) is 2.06. The van der Waals surface area contributed by atoms with E-state index in [2.05, 4.69) is 6.58 Å². The molecule has 0 unspecified atom stereocenters. The zero-order chi connectivity index (χ0) is 5.33. The molecule has 1 rings (SSSR count). The summed E-state index contributed by atoms with van der Waals surface area (Å²) in [7, 11) is 0. The number of rotatable bonds is 2. The Morgan fingerprint density at radius 1 is 1.57 bits per heavy atom. The highest BCUT2D eigenvalue weighted by Gasteiger charge is 2.38. The number of aldehydes is 1. The third-order valence-corrected chi connectivity index (χ3v) is 1.47. The summed E-state index contributed by atoms with van der Waals surface area (Å²) in [6.07, 6.45) is 4.75. The third kappa shape index (κ3) is 0.581. The number of carbonyl (C=O) groups excluding carboxylic acids is 1. The average molecular weight is 96.1 g/mol. The van der Waals surface area contributed by atoms with Gasteiger partial charge in [-0.3, -0.25) is 0 Å². The molecule has 0 amide bonds. The van der Waals surface area contributed by atoms with Gasteiger partial charge in [-0.15, -0.1) is 6.58 Å². The monoisotopic (exact) mass is 96.1 g/mol. The molecule has 0 spiro atoms. The van der Waals surface area contributed by atoms with Gasteiger partial charge in [0.1, 0.15) is 6.29 Å². The molecule has 1 aliphatic rings. The van der Waals surface area contributed by atoms with Gasteiger partial charge in [0.15, 0.2) is 0 Å². The Kier molecular flexibility index (Phi) is 0.775. The van der Waals surface area contributed by atoms with E-state index >= 15 is 0 Å². The van der Waals surface area contributed by atoms with Crippen LogP contribution in [0.2, 0.25) is 0 Å². The maximum absolute atomic E-state index is 10.0. The molecule has 1 saturated carbocycles. The molecule has 0 bridgehead atoms. The average Bonchev–Trinajstić information content (AvgIpc) is 2.46. The van der Waals surface area contributed by atoms with Crippen molar-refractivity contribution in [3.63, 3.8) is 0 Å². The maximum Gasteiger partial charge on any atom is 0.129 e. The molecule has 1 aliphatic carbocycles. The maximum atomic E-state index is 10.0. The molecule has 0 aromatic heterocycles. The van der Waals surface area contributed by atoms with Gasteiger partial charge < -0.3 is 4.79 Å². The van der Waals surface area contributed by atoms with E-state index in [0.717, 1.165) is 19.1 Å². The first-order valence-corrected chi connectivity index (χ1v) is 2.43. The van der Waals surface area contributed by atoms with Crippen molar-refractivity contribution in [2.75, 3.05) is 0 Å². The molecule has 0 N–H and O–H groups in total. The fourth-order valence-corrected chi connectivity index (χ4v) is 0.514. The van der Waals surface area contributed by atoms with E-state index in [4.69, 9.17) is 0 Å². The van der Waals surface area contributed by atoms with E-state index in [9.17, 15) is 4.79 Å². The fourth-order valence-electron chi connectivity index (χ4n) is 0.514. The topological polar surface area (TPSA) is 17.1 Å². The summed E-state index contributed by atoms with van der Waals surface area (Å²) < 4.78 is 0. The van der Waals surface area contributed by atoms with E-state index in [0.29, 0.717) is 0 Å². The van der Waals surface area contributed by atoms with E-state index < -0.39 is 0 Å². The summed E-state index contributed by atoms with van der Waals surface area (Å²) in [6, 6.07) is 0. The van der Waals surface area contributed by atoms with Crippen LogP contribution in [0.1, 0.15) is 12.8 Å². The summed E-state index contributed by atoms with van der Waals surface area (Å²) >= 11 is 0. The summed E-state index contributed by atoms with van der Waals surface area (Å²) in [5.74, 6) is 0. The van der Waals surface area contributed by atoms with Crippen LogP contribution in [0.25, 0.3) is 0 Å². The molecular weight excluding hydrogens is 88.1 g/mol. The normalized spacial score (nSPS) is 23.4. The van der Waals surface area contributed by atoms with Gasteiger partial charge in [0.2, 0.25) is 0 Å². The Bertz CT molecular complexity index is 90.7. The Morgan fingerprint density at radius 2 is 2.14 bits per heavy atom. The van der Waals surface area contributed by atoms with Crippen LogP contribution in [-0.4, -0.2) is 6.29 Å². The van der Waals surface area contributed by atoms with Crippen molar-refractivity contribution in [2.45, 2.75) is 12.8 Å². The zero-order valence-electron chi connectivity index (χ0n) is 4.18. The van der Waals surface area contributed by atoms with Crippen molar-refractivity contribution in [1.82, 2.24) is 0 Å². The molecular formula is C6H8O. The highest BCUT2D eigenvalue weighted by Crippen LogP contribution is 2.44. The summed E-state index contributed by atoms with van der Waals surface area (Å²) in [5.41, 5.74) is -0.0833. The van der Waals surface area contributed by atoms with Crippen LogP contribution in [0.3, 0.4) is 0 Å². The van der Waals surface area contributed by atoms with Crippen molar-refractivity contribution >= 4 is 6.29 Å². The largest absolute Gasteiger partial charge is 0.302 e. The van der Waals surface area contributed by atoms with Crippen LogP contribution in [0.5, 0.6) is 0 Å². The molecule has 0 aliphatic heterocycles. The fraction of sp³-hybridized carbons (Fsp3) is 0.500. The first-order chi connectivity index (χ1) is 3.33. The number of carbonyl (C=O) groups is 1. The quantitative estimate of drug-likeness (QED) is 0.372. The highest BCUT2D eigenvalue weighted by molar-refractivity contribution is 5.66. The minimum Gasteiger partial charge on any atom is -0.302 e. The first-order valence-electron chi connectivity index (χ1n) is 2.43. The lowest BCUT2D eigenvalue weighted by atomic mass is 10.1. The molecule has 1 nitrogen and oxygen atoms in total. The van der Waals surface area contributed by atoms with E-state index in [1.165, 1.54) is 0 Å². The van der Waals surface area contributed by atoms with Crippen LogP contribution in [0.4, 0.5) is 0 Å². The summed E-state index contributed by atoms with van der Waals surface area (Å²) in [4.78, 5) is 10.0. The van der Waals surface area contributed by atoms with Crippen LogP contribution >= 0.6 is 0 Å². The van der Waals surface area contributed by atoms with Crippen molar-refractivity contribution in [3.05, 3.63) is 12.7 Å². The molecule has 0 aromatic rings. The van der Waals surface area contributed by atoms with Gasteiger partial charge in [-0.1, -0.05) is 6.08 Å². The molecule has 0 radical (unpaired) electrons. The standard InChI is InChI=1S/C6H8O/c1-2-6(5-7)3-4-6/h2,5H,1,3-4H2. The summed E-state index contributed by atoms with van der Waals surface area (Å²) in [6.45, 7) is 3.53. The zero-order valence-corrected chi connectivity index (χ0v) is 4.18. The van der Waals surface area contributed by atoms with Gasteiger partial charge in [-0.2, -0.15) is 0 Å². The van der Waals surface area contributed by atoms with Crippen molar-refractivity contribution in [1.29, 1.82) is 0 Å². The molecule has 38 valence electrons. The van der Waals surface area contributed by atoms with Gasteiger partial charge in [-0.05, 0) is 12.8 Å². The number of hydrogen-bond acceptors (Lipinski definition) is 1. The van der Waals surface area contributed by atoms with Gasteiger partial charge in [0.25, 0.3) is 0 Å². The second-order valence-electron chi connectivity index (χ2n) is 2.06. The molecule has 7 heavy (non-hydrogen) atoms. The van der Waals surface area contributed by atoms with Gasteiger partial charge in [0.05, 0.1) is 0 Å². The highest BCUT2D eigenvalue weighted by atomic mass is 16.1. The second kappa shape index (κ2) is 1.19. The number of hydrogen-bond donors (Lipinski definition) is 0. The lowest BCUT2D eigenvalue weighted by Crippen LogP contribution is -1.93. The minimum atomic E-state index is -0.0833. The Balaban J connectivity index is 2.58. The molecule has 0 aromatic carbocycles. The van der Waals surface area contributed by atoms with Crippen LogP contribution in [0.15, 0.2) is 12.7 Å². The predicted octanol–water partition coefficient (Wildman–Crippen LogP) is 1.15. The predicted molar refractivity (Wildman–Crippen MR) is 27.9 cm³/mol. The third-order valence-electron chi connectivity index (χ3n) is 1.47. The van der Waals surface area contributed by atoms with Gasteiger partial charge in [0, 0.05) is 5.41 Å². The lowest BCUT2D eigenvalue weighted by Gasteiger charge is -1.89. The molecule has 1 fully saturated rings. The van der Waals surface area contributed by atoms with E-state index in [1.54, 1.807) is 6.08 Å². The molecule has 0 atom stereocenters. The number of allylic oxidation sites excluding steroid dienone is 1. The van der Waals surface area contributed by atoms with Crippen LogP contribution < -0.4 is 0 Å². The van der Waals surface area contributed by atoms with Crippen molar-refractivity contribution in [3.8, 4) is 0 Å². The molecule has 0 heterocycles. The Labute approximate surface area is 43.0 Å².